The summed E-state index contributed by atoms with van der Waals surface area (Å²) in [5.74, 6) is -0.456. The van der Waals surface area contributed by atoms with Gasteiger partial charge in [0, 0.05) is 14.7 Å². The lowest BCUT2D eigenvalue weighted by molar-refractivity contribution is -0.137. The number of anilines is 1. The summed E-state index contributed by atoms with van der Waals surface area (Å²) in [6.45, 7) is 0. The summed E-state index contributed by atoms with van der Waals surface area (Å²) >= 11 is 7.93. The molecule has 2 nitrogen and oxygen atoms in total. The van der Waals surface area contributed by atoms with Crippen LogP contribution in [0.5, 0.6) is 0 Å². The molecule has 0 fully saturated rings. The van der Waals surface area contributed by atoms with E-state index in [0.29, 0.717) is 5.69 Å². The van der Waals surface area contributed by atoms with Crippen molar-refractivity contribution >= 4 is 51.9 Å². The highest BCUT2D eigenvalue weighted by Crippen LogP contribution is 2.32. The molecule has 7 heteroatoms. The van der Waals surface area contributed by atoms with Crippen LogP contribution in [0.25, 0.3) is 6.08 Å². The Morgan fingerprint density at radius 1 is 1.17 bits per heavy atom. The van der Waals surface area contributed by atoms with Gasteiger partial charge in [-0.15, -0.1) is 0 Å². The number of carbonyl (C=O) groups excluding carboxylic acids is 1. The summed E-state index contributed by atoms with van der Waals surface area (Å²) in [6.07, 6.45) is -2.07. The highest BCUT2D eigenvalue weighted by atomic mass is 127. The summed E-state index contributed by atoms with van der Waals surface area (Å²) < 4.78 is 38.9. The van der Waals surface area contributed by atoms with E-state index >= 15 is 0 Å². The van der Waals surface area contributed by atoms with Crippen molar-refractivity contribution in [3.8, 4) is 0 Å². The summed E-state index contributed by atoms with van der Waals surface area (Å²) in [5.41, 5.74) is -0.0724. The van der Waals surface area contributed by atoms with Crippen molar-refractivity contribution in [2.75, 3.05) is 5.32 Å². The van der Waals surface area contributed by atoms with E-state index in [9.17, 15) is 18.0 Å². The fourth-order valence-corrected chi connectivity index (χ4v) is 2.45. The summed E-state index contributed by atoms with van der Waals surface area (Å²) in [5, 5.41) is 2.78. The molecule has 2 aromatic rings. The van der Waals surface area contributed by atoms with Crippen molar-refractivity contribution in [3.05, 3.63) is 68.3 Å². The third-order valence-electron chi connectivity index (χ3n) is 2.87. The third kappa shape index (κ3) is 4.97. The van der Waals surface area contributed by atoms with E-state index in [-0.39, 0.29) is 10.6 Å². The van der Waals surface area contributed by atoms with Gasteiger partial charge in [0.1, 0.15) is 0 Å². The second-order valence-corrected chi connectivity index (χ2v) is 6.11. The van der Waals surface area contributed by atoms with E-state index in [0.717, 1.165) is 27.8 Å². The van der Waals surface area contributed by atoms with Crippen molar-refractivity contribution in [1.29, 1.82) is 0 Å². The number of halogens is 5. The van der Waals surface area contributed by atoms with Gasteiger partial charge in [0.15, 0.2) is 0 Å². The standard InChI is InChI=1S/C16H10ClF3INO/c17-12-7-6-11(16(18,19)20)9-10(12)5-8-15(23)22-14-4-2-1-3-13(14)21/h1-9H,(H,22,23)/b8-5+. The molecular formula is C16H10ClF3INO. The molecule has 0 aromatic heterocycles. The molecule has 0 unspecified atom stereocenters. The molecule has 0 aliphatic carbocycles. The Bertz CT molecular complexity index is 759. The molecule has 0 heterocycles. The molecule has 0 radical (unpaired) electrons. The van der Waals surface area contributed by atoms with Crippen LogP contribution in [0.3, 0.4) is 0 Å². The van der Waals surface area contributed by atoms with Crippen LogP contribution in [0.2, 0.25) is 5.02 Å². The topological polar surface area (TPSA) is 29.1 Å². The first-order valence-corrected chi connectivity index (χ1v) is 7.83. The molecule has 1 amide bonds. The Balaban J connectivity index is 2.17. The minimum Gasteiger partial charge on any atom is -0.322 e. The average molecular weight is 452 g/mol. The highest BCUT2D eigenvalue weighted by molar-refractivity contribution is 14.1. The lowest BCUT2D eigenvalue weighted by atomic mass is 10.1. The predicted molar refractivity (Wildman–Crippen MR) is 93.3 cm³/mol. The van der Waals surface area contributed by atoms with Crippen molar-refractivity contribution in [1.82, 2.24) is 0 Å². The molecule has 0 atom stereocenters. The van der Waals surface area contributed by atoms with Crippen LogP contribution in [0.4, 0.5) is 18.9 Å². The van der Waals surface area contributed by atoms with Crippen LogP contribution in [-0.2, 0) is 11.0 Å². The first-order valence-electron chi connectivity index (χ1n) is 6.38. The zero-order valence-electron chi connectivity index (χ0n) is 11.5. The van der Waals surface area contributed by atoms with Gasteiger partial charge in [0.05, 0.1) is 11.3 Å². The normalized spacial score (nSPS) is 11.7. The fourth-order valence-electron chi connectivity index (χ4n) is 1.75. The Kier molecular flexibility index (Phi) is 5.69. The third-order valence-corrected chi connectivity index (χ3v) is 4.15. The van der Waals surface area contributed by atoms with Gasteiger partial charge in [-0.05, 0) is 64.6 Å². The first-order chi connectivity index (χ1) is 10.8. The minimum atomic E-state index is -4.46. The van der Waals surface area contributed by atoms with Crippen LogP contribution in [0.15, 0.2) is 48.5 Å². The van der Waals surface area contributed by atoms with Crippen molar-refractivity contribution in [3.63, 3.8) is 0 Å². The first kappa shape index (κ1) is 17.8. The number of carbonyl (C=O) groups is 1. The Morgan fingerprint density at radius 2 is 1.87 bits per heavy atom. The number of alkyl halides is 3. The smallest absolute Gasteiger partial charge is 0.322 e. The van der Waals surface area contributed by atoms with Gasteiger partial charge in [0.25, 0.3) is 0 Å². The summed E-state index contributed by atoms with van der Waals surface area (Å²) in [6, 6.07) is 10.1. The lowest BCUT2D eigenvalue weighted by Crippen LogP contribution is -2.09. The van der Waals surface area contributed by atoms with Gasteiger partial charge in [-0.25, -0.2) is 0 Å². The number of hydrogen-bond acceptors (Lipinski definition) is 1. The molecule has 0 aliphatic heterocycles. The van der Waals surface area contributed by atoms with Gasteiger partial charge < -0.3 is 5.32 Å². The number of para-hydroxylation sites is 1. The van der Waals surface area contributed by atoms with Gasteiger partial charge >= 0.3 is 6.18 Å². The molecule has 0 aliphatic rings. The highest BCUT2D eigenvalue weighted by Gasteiger charge is 2.30. The molecular weight excluding hydrogens is 442 g/mol. The number of benzene rings is 2. The van der Waals surface area contributed by atoms with E-state index < -0.39 is 17.6 Å². The number of hydrogen-bond donors (Lipinski definition) is 1. The second-order valence-electron chi connectivity index (χ2n) is 4.54. The van der Waals surface area contributed by atoms with Crippen molar-refractivity contribution in [2.24, 2.45) is 0 Å². The van der Waals surface area contributed by atoms with Crippen LogP contribution >= 0.6 is 34.2 Å². The van der Waals surface area contributed by atoms with Crippen LogP contribution < -0.4 is 5.32 Å². The zero-order chi connectivity index (χ0) is 17.0. The zero-order valence-corrected chi connectivity index (χ0v) is 14.4. The molecule has 0 spiro atoms. The van der Waals surface area contributed by atoms with Gasteiger partial charge in [-0.3, -0.25) is 4.79 Å². The molecule has 0 saturated heterocycles. The fraction of sp³-hybridized carbons (Fsp3) is 0.0625. The SMILES string of the molecule is O=C(/C=C/c1cc(C(F)(F)F)ccc1Cl)Nc1ccccc1I. The van der Waals surface area contributed by atoms with Gasteiger partial charge in [0.2, 0.25) is 5.91 Å². The Labute approximate surface area is 149 Å². The van der Waals surface area contributed by atoms with Crippen LogP contribution in [0.1, 0.15) is 11.1 Å². The molecule has 1 N–H and O–H groups in total. The van der Waals surface area contributed by atoms with E-state index in [1.165, 1.54) is 6.08 Å². The maximum atomic E-state index is 12.7. The number of nitrogens with one attached hydrogen (secondary N) is 1. The maximum Gasteiger partial charge on any atom is 0.416 e. The predicted octanol–water partition coefficient (Wildman–Crippen LogP) is 5.62. The Hall–Kier alpha value is -1.54. The quantitative estimate of drug-likeness (QED) is 0.477. The van der Waals surface area contributed by atoms with Crippen LogP contribution in [-0.4, -0.2) is 5.91 Å². The summed E-state index contributed by atoms with van der Waals surface area (Å²) in [4.78, 5) is 11.9. The monoisotopic (exact) mass is 451 g/mol. The molecule has 2 aromatic carbocycles. The maximum absolute atomic E-state index is 12.7. The number of amides is 1. The van der Waals surface area contributed by atoms with E-state index in [1.807, 2.05) is 12.1 Å². The molecule has 120 valence electrons. The number of rotatable bonds is 3. The van der Waals surface area contributed by atoms with Crippen molar-refractivity contribution in [2.45, 2.75) is 6.18 Å². The Morgan fingerprint density at radius 3 is 2.52 bits per heavy atom. The summed E-state index contributed by atoms with van der Waals surface area (Å²) in [7, 11) is 0. The molecule has 2 rings (SSSR count). The van der Waals surface area contributed by atoms with Crippen molar-refractivity contribution < 1.29 is 18.0 Å². The van der Waals surface area contributed by atoms with E-state index in [1.54, 1.807) is 12.1 Å². The molecule has 0 saturated carbocycles. The largest absolute Gasteiger partial charge is 0.416 e. The minimum absolute atomic E-state index is 0.124. The second kappa shape index (κ2) is 7.35. The van der Waals surface area contributed by atoms with Gasteiger partial charge in [-0.2, -0.15) is 13.2 Å². The van der Waals surface area contributed by atoms with Gasteiger partial charge in [-0.1, -0.05) is 23.7 Å². The molecule has 0 bridgehead atoms. The average Bonchev–Trinajstić information content (AvgIpc) is 2.47. The molecule has 23 heavy (non-hydrogen) atoms. The van der Waals surface area contributed by atoms with E-state index in [2.05, 4.69) is 27.9 Å². The van der Waals surface area contributed by atoms with Crippen LogP contribution in [0, 0.1) is 3.57 Å². The lowest BCUT2D eigenvalue weighted by Gasteiger charge is -2.08. The van der Waals surface area contributed by atoms with E-state index in [4.69, 9.17) is 11.6 Å².